The molecule has 0 saturated heterocycles. The van der Waals surface area contributed by atoms with Gasteiger partial charge in [0.25, 0.3) is 0 Å². The van der Waals surface area contributed by atoms with Gasteiger partial charge in [-0.05, 0) is 36.3 Å². The average molecular weight is 351 g/mol. The standard InChI is InChI=1S/C21H22FN3O/c1-6-10-11-12-16(7-2)18-13-17(8-3)20(19(22)14-18)24-15(5)25-21(26)23-9-4/h1,7-8,10-14,24H,2-3,5,9H2,4H3,(H2,23,25,26)/b11-10-,16-12+. The fraction of sp³-hybridized carbons (Fsp3) is 0.0952. The fourth-order valence-corrected chi connectivity index (χ4v) is 2.10. The van der Waals surface area contributed by atoms with Gasteiger partial charge in [-0.2, -0.15) is 0 Å². The molecule has 0 aliphatic carbocycles. The number of hydrogen-bond acceptors (Lipinski definition) is 2. The Hall–Kier alpha value is -3.52. The second-order valence-electron chi connectivity index (χ2n) is 5.07. The van der Waals surface area contributed by atoms with Crippen LogP contribution in [0.5, 0.6) is 0 Å². The Morgan fingerprint density at radius 3 is 2.69 bits per heavy atom. The van der Waals surface area contributed by atoms with E-state index in [2.05, 4.69) is 41.6 Å². The average Bonchev–Trinajstić information content (AvgIpc) is 2.60. The van der Waals surface area contributed by atoms with Crippen molar-refractivity contribution in [2.24, 2.45) is 0 Å². The molecule has 1 aromatic carbocycles. The molecule has 0 aliphatic rings. The second kappa shape index (κ2) is 10.4. The van der Waals surface area contributed by atoms with Crippen LogP contribution in [0.3, 0.4) is 0 Å². The van der Waals surface area contributed by atoms with Crippen LogP contribution in [0.2, 0.25) is 0 Å². The molecular weight excluding hydrogens is 329 g/mol. The third-order valence-corrected chi connectivity index (χ3v) is 3.24. The summed E-state index contributed by atoms with van der Waals surface area (Å²) in [6, 6.07) is 2.67. The van der Waals surface area contributed by atoms with Crippen molar-refractivity contribution in [3.8, 4) is 12.3 Å². The number of halogens is 1. The van der Waals surface area contributed by atoms with E-state index in [0.29, 0.717) is 23.2 Å². The highest BCUT2D eigenvalue weighted by molar-refractivity contribution is 5.81. The van der Waals surface area contributed by atoms with Gasteiger partial charge in [0.2, 0.25) is 0 Å². The highest BCUT2D eigenvalue weighted by Crippen LogP contribution is 2.28. The highest BCUT2D eigenvalue weighted by atomic mass is 19.1. The van der Waals surface area contributed by atoms with Crippen molar-refractivity contribution in [2.75, 3.05) is 11.9 Å². The Morgan fingerprint density at radius 1 is 1.38 bits per heavy atom. The van der Waals surface area contributed by atoms with E-state index < -0.39 is 11.8 Å². The van der Waals surface area contributed by atoms with Crippen molar-refractivity contribution < 1.29 is 9.18 Å². The number of carbonyl (C=O) groups excluding carboxylic acids is 1. The predicted octanol–water partition coefficient (Wildman–Crippen LogP) is 4.43. The number of hydrogen-bond donors (Lipinski definition) is 3. The number of anilines is 1. The SMILES string of the molecule is C#C/C=C\C=C(/C=C)c1cc(F)c(NC(=C)NC(=O)NCC)c(C=C)c1. The van der Waals surface area contributed by atoms with Gasteiger partial charge in [-0.15, -0.1) is 6.42 Å². The van der Waals surface area contributed by atoms with Crippen LogP contribution < -0.4 is 16.0 Å². The van der Waals surface area contributed by atoms with Crippen LogP contribution in [-0.4, -0.2) is 12.6 Å². The number of amides is 2. The van der Waals surface area contributed by atoms with Crippen LogP contribution in [0.25, 0.3) is 11.6 Å². The number of allylic oxidation sites excluding steroid dienone is 5. The van der Waals surface area contributed by atoms with Crippen molar-refractivity contribution in [1.29, 1.82) is 0 Å². The summed E-state index contributed by atoms with van der Waals surface area (Å²) in [4.78, 5) is 11.5. The Morgan fingerprint density at radius 2 is 2.12 bits per heavy atom. The zero-order valence-electron chi connectivity index (χ0n) is 14.7. The summed E-state index contributed by atoms with van der Waals surface area (Å²) in [6.07, 6.45) is 13.2. The van der Waals surface area contributed by atoms with Crippen LogP contribution in [0.1, 0.15) is 18.1 Å². The van der Waals surface area contributed by atoms with Crippen molar-refractivity contribution in [3.63, 3.8) is 0 Å². The van der Waals surface area contributed by atoms with Gasteiger partial charge < -0.3 is 10.6 Å². The van der Waals surface area contributed by atoms with E-state index in [9.17, 15) is 9.18 Å². The zero-order valence-corrected chi connectivity index (χ0v) is 14.7. The Bertz CT molecular complexity index is 813. The van der Waals surface area contributed by atoms with Crippen molar-refractivity contribution >= 4 is 23.4 Å². The van der Waals surface area contributed by atoms with Gasteiger partial charge >= 0.3 is 6.03 Å². The molecule has 1 aromatic rings. The van der Waals surface area contributed by atoms with Crippen LogP contribution in [-0.2, 0) is 0 Å². The van der Waals surface area contributed by atoms with Crippen LogP contribution in [0.15, 0.2) is 62.0 Å². The van der Waals surface area contributed by atoms with E-state index in [-0.39, 0.29) is 11.5 Å². The molecule has 134 valence electrons. The molecule has 4 nitrogen and oxygen atoms in total. The van der Waals surface area contributed by atoms with Gasteiger partial charge in [0.1, 0.15) is 11.6 Å². The maximum absolute atomic E-state index is 14.6. The molecule has 0 aliphatic heterocycles. The minimum absolute atomic E-state index is 0.141. The Kier molecular flexibility index (Phi) is 8.18. The first-order valence-corrected chi connectivity index (χ1v) is 7.89. The van der Waals surface area contributed by atoms with Gasteiger partial charge in [-0.3, -0.25) is 5.32 Å². The first-order valence-electron chi connectivity index (χ1n) is 7.89. The number of terminal acetylenes is 1. The lowest BCUT2D eigenvalue weighted by Crippen LogP contribution is -2.36. The van der Waals surface area contributed by atoms with Gasteiger partial charge in [0.05, 0.1) is 5.69 Å². The summed E-state index contributed by atoms with van der Waals surface area (Å²) in [6.45, 7) is 13.4. The molecule has 1 rings (SSSR count). The number of nitrogens with one attached hydrogen (secondary N) is 3. The number of benzene rings is 1. The number of urea groups is 1. The largest absolute Gasteiger partial charge is 0.339 e. The smallest absolute Gasteiger partial charge is 0.320 e. The summed E-state index contributed by atoms with van der Waals surface area (Å²) in [5.74, 6) is 2.00. The molecular formula is C21H22FN3O. The molecule has 0 atom stereocenters. The summed E-state index contributed by atoms with van der Waals surface area (Å²) < 4.78 is 14.6. The summed E-state index contributed by atoms with van der Waals surface area (Å²) in [7, 11) is 0. The molecule has 3 N–H and O–H groups in total. The third-order valence-electron chi connectivity index (χ3n) is 3.24. The first-order chi connectivity index (χ1) is 12.5. The molecule has 5 heteroatoms. The molecule has 2 amide bonds. The lowest BCUT2D eigenvalue weighted by molar-refractivity contribution is 0.244. The summed E-state index contributed by atoms with van der Waals surface area (Å²) in [5, 5.41) is 7.79. The quantitative estimate of drug-likeness (QED) is 0.479. The Labute approximate surface area is 153 Å². The maximum atomic E-state index is 14.6. The van der Waals surface area contributed by atoms with Crippen molar-refractivity contribution in [1.82, 2.24) is 10.6 Å². The number of rotatable bonds is 8. The molecule has 0 radical (unpaired) electrons. The molecule has 0 fully saturated rings. The van der Waals surface area contributed by atoms with Gasteiger partial charge in [0, 0.05) is 12.1 Å². The van der Waals surface area contributed by atoms with E-state index in [1.165, 1.54) is 18.2 Å². The van der Waals surface area contributed by atoms with Gasteiger partial charge in [0.15, 0.2) is 0 Å². The molecule has 0 bridgehead atoms. The van der Waals surface area contributed by atoms with Crippen molar-refractivity contribution in [3.05, 3.63) is 78.9 Å². The van der Waals surface area contributed by atoms with E-state index >= 15 is 0 Å². The lowest BCUT2D eigenvalue weighted by atomic mass is 10.0. The topological polar surface area (TPSA) is 53.2 Å². The summed E-state index contributed by atoms with van der Waals surface area (Å²) in [5.41, 5.74) is 1.98. The zero-order chi connectivity index (χ0) is 19.5. The molecule has 0 unspecified atom stereocenters. The monoisotopic (exact) mass is 351 g/mol. The maximum Gasteiger partial charge on any atom is 0.320 e. The first kappa shape index (κ1) is 20.5. The minimum atomic E-state index is -0.523. The predicted molar refractivity (Wildman–Crippen MR) is 108 cm³/mol. The fourth-order valence-electron chi connectivity index (χ4n) is 2.10. The Balaban J connectivity index is 3.16. The van der Waals surface area contributed by atoms with E-state index in [4.69, 9.17) is 6.42 Å². The molecule has 0 spiro atoms. The minimum Gasteiger partial charge on any atom is -0.339 e. The highest BCUT2D eigenvalue weighted by Gasteiger charge is 2.12. The second-order valence-corrected chi connectivity index (χ2v) is 5.07. The van der Waals surface area contributed by atoms with Gasteiger partial charge in [-0.1, -0.05) is 50.0 Å². The lowest BCUT2D eigenvalue weighted by Gasteiger charge is -2.16. The summed E-state index contributed by atoms with van der Waals surface area (Å²) >= 11 is 0. The van der Waals surface area contributed by atoms with E-state index in [0.717, 1.165) is 0 Å². The molecule has 0 heterocycles. The molecule has 0 saturated carbocycles. The molecule has 26 heavy (non-hydrogen) atoms. The number of carbonyl (C=O) groups is 1. The normalized spacial score (nSPS) is 10.7. The van der Waals surface area contributed by atoms with Crippen LogP contribution >= 0.6 is 0 Å². The molecule has 0 aromatic heterocycles. The van der Waals surface area contributed by atoms with Crippen LogP contribution in [0.4, 0.5) is 14.9 Å². The van der Waals surface area contributed by atoms with E-state index in [1.807, 2.05) is 0 Å². The van der Waals surface area contributed by atoms with Crippen molar-refractivity contribution in [2.45, 2.75) is 6.92 Å². The van der Waals surface area contributed by atoms with Crippen LogP contribution in [0, 0.1) is 18.2 Å². The third kappa shape index (κ3) is 5.84. The van der Waals surface area contributed by atoms with E-state index in [1.54, 1.807) is 31.2 Å². The van der Waals surface area contributed by atoms with Gasteiger partial charge in [-0.25, -0.2) is 9.18 Å².